The molecule has 0 heterocycles. The minimum atomic E-state index is -1.10. The number of aliphatic carboxylic acids is 1. The number of nitrogens with one attached hydrogen (secondary N) is 2. The zero-order valence-corrected chi connectivity index (χ0v) is 25.2. The van der Waals surface area contributed by atoms with Gasteiger partial charge in [0, 0.05) is 6.42 Å². The molecule has 8 heteroatoms. The van der Waals surface area contributed by atoms with Gasteiger partial charge >= 0.3 is 5.97 Å². The summed E-state index contributed by atoms with van der Waals surface area (Å²) in [5.41, 5.74) is 8.32. The molecule has 0 saturated heterocycles. The molecule has 4 aromatic rings. The Hall–Kier alpha value is -4.66. The molecule has 0 saturated carbocycles. The summed E-state index contributed by atoms with van der Waals surface area (Å²) < 4.78 is 10.9. The molecule has 0 aliphatic rings. The summed E-state index contributed by atoms with van der Waals surface area (Å²) in [7, 11) is 3.24. The lowest BCUT2D eigenvalue weighted by Gasteiger charge is -2.40. The van der Waals surface area contributed by atoms with Crippen LogP contribution < -0.4 is 25.8 Å². The molecule has 8 nitrogen and oxygen atoms in total. The van der Waals surface area contributed by atoms with Crippen molar-refractivity contribution >= 4 is 11.9 Å². The Morgan fingerprint density at radius 1 is 0.727 bits per heavy atom. The number of unbranched alkanes of at least 4 members (excludes halogenated alkanes) is 1. The van der Waals surface area contributed by atoms with Crippen LogP contribution in [0.15, 0.2) is 109 Å². The van der Waals surface area contributed by atoms with Crippen LogP contribution in [0.5, 0.6) is 11.5 Å². The maximum absolute atomic E-state index is 14.1. The lowest BCUT2D eigenvalue weighted by atomic mass is 9.76. The van der Waals surface area contributed by atoms with Crippen molar-refractivity contribution < 1.29 is 24.2 Å². The SMILES string of the molecule is COc1ccc(C(N[C@@H](CCCCN)C(=O)N[C@@H](Cc2ccccc2)C(=O)O)(c2ccccc2)c2ccc(OC)cc2)cc1. The van der Waals surface area contributed by atoms with Gasteiger partial charge in [0.2, 0.25) is 5.91 Å². The van der Waals surface area contributed by atoms with Gasteiger partial charge in [-0.1, -0.05) is 91.3 Å². The first-order valence-corrected chi connectivity index (χ1v) is 14.8. The van der Waals surface area contributed by atoms with E-state index < -0.39 is 29.5 Å². The molecule has 44 heavy (non-hydrogen) atoms. The van der Waals surface area contributed by atoms with Crippen LogP contribution >= 0.6 is 0 Å². The highest BCUT2D eigenvalue weighted by Crippen LogP contribution is 2.39. The predicted molar refractivity (Wildman–Crippen MR) is 172 cm³/mol. The molecular weight excluding hydrogens is 554 g/mol. The summed E-state index contributed by atoms with van der Waals surface area (Å²) in [6.07, 6.45) is 2.01. The Balaban J connectivity index is 1.82. The zero-order valence-electron chi connectivity index (χ0n) is 25.2. The summed E-state index contributed by atoms with van der Waals surface area (Å²) in [5, 5.41) is 16.6. The Kier molecular flexibility index (Phi) is 11.5. The molecule has 0 fully saturated rings. The molecule has 5 N–H and O–H groups in total. The highest BCUT2D eigenvalue weighted by atomic mass is 16.5. The normalized spacial score (nSPS) is 12.6. The second-order valence-electron chi connectivity index (χ2n) is 10.6. The molecule has 1 amide bonds. The maximum Gasteiger partial charge on any atom is 0.326 e. The van der Waals surface area contributed by atoms with Crippen molar-refractivity contribution in [3.63, 3.8) is 0 Å². The highest BCUT2D eigenvalue weighted by Gasteiger charge is 2.40. The summed E-state index contributed by atoms with van der Waals surface area (Å²) in [6, 6.07) is 32.8. The molecule has 0 spiro atoms. The molecule has 0 unspecified atom stereocenters. The topological polar surface area (TPSA) is 123 Å². The average Bonchev–Trinajstić information content (AvgIpc) is 3.07. The number of hydrogen-bond donors (Lipinski definition) is 4. The van der Waals surface area contributed by atoms with Crippen molar-refractivity contribution in [3.05, 3.63) is 131 Å². The fourth-order valence-corrected chi connectivity index (χ4v) is 5.47. The smallest absolute Gasteiger partial charge is 0.326 e. The average molecular weight is 596 g/mol. The summed E-state index contributed by atoms with van der Waals surface area (Å²) >= 11 is 0. The van der Waals surface area contributed by atoms with E-state index in [9.17, 15) is 14.7 Å². The lowest BCUT2D eigenvalue weighted by molar-refractivity contribution is -0.142. The minimum Gasteiger partial charge on any atom is -0.497 e. The quantitative estimate of drug-likeness (QED) is 0.107. The van der Waals surface area contributed by atoms with Crippen LogP contribution in [-0.4, -0.2) is 49.8 Å². The van der Waals surface area contributed by atoms with Crippen molar-refractivity contribution in [1.29, 1.82) is 0 Å². The number of ether oxygens (including phenoxy) is 2. The number of carbonyl (C=O) groups is 2. The number of rotatable bonds is 16. The van der Waals surface area contributed by atoms with E-state index in [-0.39, 0.29) is 6.42 Å². The number of methoxy groups -OCH3 is 2. The van der Waals surface area contributed by atoms with Gasteiger partial charge in [-0.05, 0) is 65.9 Å². The first kappa shape index (κ1) is 32.3. The molecule has 0 bridgehead atoms. The maximum atomic E-state index is 14.1. The largest absolute Gasteiger partial charge is 0.497 e. The van der Waals surface area contributed by atoms with Crippen molar-refractivity contribution in [2.45, 2.75) is 43.3 Å². The Morgan fingerprint density at radius 3 is 1.70 bits per heavy atom. The van der Waals surface area contributed by atoms with E-state index in [1.807, 2.05) is 109 Å². The van der Waals surface area contributed by atoms with Gasteiger partial charge in [-0.25, -0.2) is 4.79 Å². The van der Waals surface area contributed by atoms with Gasteiger partial charge in [0.25, 0.3) is 0 Å². The Bertz CT molecular complexity index is 1410. The van der Waals surface area contributed by atoms with E-state index in [0.717, 1.165) is 28.7 Å². The highest BCUT2D eigenvalue weighted by molar-refractivity contribution is 5.87. The molecule has 2 atom stereocenters. The monoisotopic (exact) mass is 595 g/mol. The van der Waals surface area contributed by atoms with Crippen molar-refractivity contribution in [1.82, 2.24) is 10.6 Å². The van der Waals surface area contributed by atoms with E-state index in [4.69, 9.17) is 15.2 Å². The number of amides is 1. The number of carboxylic acid groups (broad SMARTS) is 1. The fraction of sp³-hybridized carbons (Fsp3) is 0.278. The molecule has 0 radical (unpaired) electrons. The van der Waals surface area contributed by atoms with Crippen LogP contribution in [0.1, 0.15) is 41.5 Å². The van der Waals surface area contributed by atoms with Crippen molar-refractivity contribution in [3.8, 4) is 11.5 Å². The summed E-state index contributed by atoms with van der Waals surface area (Å²) in [4.78, 5) is 26.4. The van der Waals surface area contributed by atoms with E-state index in [2.05, 4.69) is 10.6 Å². The van der Waals surface area contributed by atoms with Gasteiger partial charge in [-0.15, -0.1) is 0 Å². The molecule has 0 aliphatic heterocycles. The zero-order chi connectivity index (χ0) is 31.4. The van der Waals surface area contributed by atoms with E-state index in [1.54, 1.807) is 14.2 Å². The second-order valence-corrected chi connectivity index (χ2v) is 10.6. The fourth-order valence-electron chi connectivity index (χ4n) is 5.47. The second kappa shape index (κ2) is 15.7. The minimum absolute atomic E-state index is 0.165. The predicted octanol–water partition coefficient (Wildman–Crippen LogP) is 4.90. The van der Waals surface area contributed by atoms with Crippen LogP contribution in [0.25, 0.3) is 0 Å². The molecular formula is C36H41N3O5. The van der Waals surface area contributed by atoms with Crippen molar-refractivity contribution in [2.24, 2.45) is 5.73 Å². The van der Waals surface area contributed by atoms with E-state index in [0.29, 0.717) is 30.9 Å². The number of carboxylic acids is 1. The number of nitrogens with two attached hydrogens (primary N) is 1. The van der Waals surface area contributed by atoms with Gasteiger partial charge in [-0.2, -0.15) is 0 Å². The van der Waals surface area contributed by atoms with Crippen LogP contribution in [0, 0.1) is 0 Å². The number of carbonyl (C=O) groups excluding carboxylic acids is 1. The summed E-state index contributed by atoms with van der Waals surface area (Å²) in [6.45, 7) is 0.487. The van der Waals surface area contributed by atoms with Gasteiger partial charge in [0.1, 0.15) is 17.5 Å². The van der Waals surface area contributed by atoms with Crippen LogP contribution in [0.4, 0.5) is 0 Å². The Labute approximate surface area is 259 Å². The van der Waals surface area contributed by atoms with Crippen LogP contribution in [0.3, 0.4) is 0 Å². The first-order chi connectivity index (χ1) is 21.4. The Morgan fingerprint density at radius 2 is 1.23 bits per heavy atom. The number of hydrogen-bond acceptors (Lipinski definition) is 6. The molecule has 4 aromatic carbocycles. The molecule has 4 rings (SSSR count). The lowest BCUT2D eigenvalue weighted by Crippen LogP contribution is -2.57. The van der Waals surface area contributed by atoms with E-state index in [1.165, 1.54) is 0 Å². The van der Waals surface area contributed by atoms with Gasteiger partial charge in [0.05, 0.1) is 25.8 Å². The number of benzene rings is 4. The van der Waals surface area contributed by atoms with Gasteiger partial charge in [0.15, 0.2) is 0 Å². The third kappa shape index (κ3) is 7.83. The van der Waals surface area contributed by atoms with Crippen molar-refractivity contribution in [2.75, 3.05) is 20.8 Å². The van der Waals surface area contributed by atoms with Crippen LogP contribution in [-0.2, 0) is 21.5 Å². The van der Waals surface area contributed by atoms with Gasteiger partial charge in [-0.3, -0.25) is 10.1 Å². The standard InChI is InChI=1S/C36H41N3O5/c1-43-30-20-16-28(17-21-30)36(27-13-7-4-8-14-27,29-18-22-31(44-2)23-19-29)39-32(15-9-10-24-37)34(40)38-33(35(41)42)25-26-11-5-3-6-12-26/h3-8,11-14,16-23,32-33,39H,9-10,15,24-25,37H2,1-2H3,(H,38,40)(H,41,42)/t32-,33-/m0/s1. The third-order valence-electron chi connectivity index (χ3n) is 7.80. The third-order valence-corrected chi connectivity index (χ3v) is 7.80. The molecule has 0 aliphatic carbocycles. The molecule has 230 valence electrons. The van der Waals surface area contributed by atoms with Crippen LogP contribution in [0.2, 0.25) is 0 Å². The molecule has 0 aromatic heterocycles. The van der Waals surface area contributed by atoms with Gasteiger partial charge < -0.3 is 25.6 Å². The first-order valence-electron chi connectivity index (χ1n) is 14.8. The van der Waals surface area contributed by atoms with E-state index >= 15 is 0 Å². The summed E-state index contributed by atoms with van der Waals surface area (Å²) in [5.74, 6) is -0.0870.